The molecule has 0 spiro atoms. The van der Waals surface area contributed by atoms with Crippen LogP contribution in [0.3, 0.4) is 0 Å². The molecule has 1 amide bonds. The van der Waals surface area contributed by atoms with Crippen LogP contribution in [0.25, 0.3) is 5.57 Å². The minimum Gasteiger partial charge on any atom is -0.366 e. The number of benzene rings is 1. The highest BCUT2D eigenvalue weighted by molar-refractivity contribution is 9.10. The Morgan fingerprint density at radius 1 is 1.53 bits per heavy atom. The van der Waals surface area contributed by atoms with Crippen molar-refractivity contribution in [1.29, 1.82) is 0 Å². The number of hydrogen-bond donors (Lipinski definition) is 2. The van der Waals surface area contributed by atoms with Gasteiger partial charge in [0.1, 0.15) is 0 Å². The molecule has 1 atom stereocenters. The van der Waals surface area contributed by atoms with Crippen LogP contribution >= 0.6 is 15.9 Å². The summed E-state index contributed by atoms with van der Waals surface area (Å²) in [6, 6.07) is 4.31. The zero-order valence-corrected chi connectivity index (χ0v) is 12.5. The summed E-state index contributed by atoms with van der Waals surface area (Å²) in [5.41, 5.74) is 11.3. The van der Waals surface area contributed by atoms with Crippen LogP contribution in [0.2, 0.25) is 0 Å². The van der Waals surface area contributed by atoms with Crippen molar-refractivity contribution in [2.45, 2.75) is 32.2 Å². The quantitative estimate of drug-likeness (QED) is 0.880. The van der Waals surface area contributed by atoms with Gasteiger partial charge in [-0.15, -0.1) is 0 Å². The van der Waals surface area contributed by atoms with E-state index < -0.39 is 0 Å². The molecule has 2 aliphatic rings. The third kappa shape index (κ3) is 2.03. The molecule has 1 unspecified atom stereocenters. The van der Waals surface area contributed by atoms with Crippen LogP contribution in [0.1, 0.15) is 41.3 Å². The van der Waals surface area contributed by atoms with E-state index in [0.717, 1.165) is 35.8 Å². The second-order valence-corrected chi connectivity index (χ2v) is 6.12. The summed E-state index contributed by atoms with van der Waals surface area (Å²) in [4.78, 5) is 11.6. The number of carbonyl (C=O) groups is 1. The number of carbonyl (C=O) groups excluding carboxylic acids is 1. The molecule has 0 bridgehead atoms. The predicted octanol–water partition coefficient (Wildman–Crippen LogP) is 2.63. The monoisotopic (exact) mass is 320 g/mol. The summed E-state index contributed by atoms with van der Waals surface area (Å²) >= 11 is 3.63. The summed E-state index contributed by atoms with van der Waals surface area (Å²) in [6.07, 6.45) is 3.02. The Hall–Kier alpha value is -1.13. The van der Waals surface area contributed by atoms with Gasteiger partial charge in [-0.05, 0) is 53.7 Å². The summed E-state index contributed by atoms with van der Waals surface area (Å²) in [5.74, 6) is -0.330. The number of rotatable bonds is 2. The van der Waals surface area contributed by atoms with E-state index in [1.54, 1.807) is 0 Å². The van der Waals surface area contributed by atoms with Gasteiger partial charge < -0.3 is 11.1 Å². The Bertz CT molecular complexity index is 592. The van der Waals surface area contributed by atoms with E-state index in [0.29, 0.717) is 11.6 Å². The molecule has 4 heteroatoms. The number of primary amides is 1. The SMILES string of the molecule is CCC1CC2=C(CN1)Cc1c(C(N)=O)ccc(Br)c12. The van der Waals surface area contributed by atoms with Crippen molar-refractivity contribution in [2.75, 3.05) is 6.54 Å². The van der Waals surface area contributed by atoms with E-state index in [1.165, 1.54) is 16.7 Å². The molecule has 1 aliphatic heterocycles. The van der Waals surface area contributed by atoms with Crippen LogP contribution in [-0.2, 0) is 6.42 Å². The maximum Gasteiger partial charge on any atom is 0.249 e. The molecule has 100 valence electrons. The lowest BCUT2D eigenvalue weighted by Crippen LogP contribution is -2.34. The molecule has 0 fully saturated rings. The fourth-order valence-electron chi connectivity index (χ4n) is 3.15. The van der Waals surface area contributed by atoms with Crippen molar-refractivity contribution in [3.05, 3.63) is 38.9 Å². The first-order valence-electron chi connectivity index (χ1n) is 6.67. The lowest BCUT2D eigenvalue weighted by molar-refractivity contribution is 0.0999. The lowest BCUT2D eigenvalue weighted by atomic mass is 9.93. The third-order valence-corrected chi connectivity index (χ3v) is 4.85. The molecule has 19 heavy (non-hydrogen) atoms. The Balaban J connectivity index is 2.10. The second kappa shape index (κ2) is 4.76. The number of amides is 1. The molecule has 0 saturated carbocycles. The first-order chi connectivity index (χ1) is 9.11. The van der Waals surface area contributed by atoms with Gasteiger partial charge in [-0.25, -0.2) is 0 Å². The molecule has 3 rings (SSSR count). The molecule has 1 aromatic carbocycles. The van der Waals surface area contributed by atoms with E-state index in [4.69, 9.17) is 5.73 Å². The molecule has 0 saturated heterocycles. The van der Waals surface area contributed by atoms with Gasteiger partial charge in [0.05, 0.1) is 0 Å². The highest BCUT2D eigenvalue weighted by Crippen LogP contribution is 2.43. The molecular weight excluding hydrogens is 304 g/mol. The Labute approximate surface area is 121 Å². The van der Waals surface area contributed by atoms with Crippen molar-refractivity contribution in [3.63, 3.8) is 0 Å². The average molecular weight is 321 g/mol. The van der Waals surface area contributed by atoms with Gasteiger partial charge in [-0.1, -0.05) is 22.9 Å². The van der Waals surface area contributed by atoms with E-state index >= 15 is 0 Å². The van der Waals surface area contributed by atoms with Crippen LogP contribution in [-0.4, -0.2) is 18.5 Å². The topological polar surface area (TPSA) is 55.1 Å². The van der Waals surface area contributed by atoms with Gasteiger partial charge in [-0.2, -0.15) is 0 Å². The van der Waals surface area contributed by atoms with Crippen molar-refractivity contribution in [1.82, 2.24) is 5.32 Å². The van der Waals surface area contributed by atoms with Gasteiger partial charge in [0, 0.05) is 22.6 Å². The number of halogens is 1. The van der Waals surface area contributed by atoms with Gasteiger partial charge in [-0.3, -0.25) is 4.79 Å². The third-order valence-electron chi connectivity index (χ3n) is 4.19. The average Bonchev–Trinajstić information content (AvgIpc) is 2.77. The summed E-state index contributed by atoms with van der Waals surface area (Å²) in [6.45, 7) is 3.13. The zero-order chi connectivity index (χ0) is 13.6. The highest BCUT2D eigenvalue weighted by atomic mass is 79.9. The first kappa shape index (κ1) is 12.9. The van der Waals surface area contributed by atoms with Crippen LogP contribution < -0.4 is 11.1 Å². The summed E-state index contributed by atoms with van der Waals surface area (Å²) in [7, 11) is 0. The molecule has 1 aromatic rings. The number of fused-ring (bicyclic) bond motifs is 2. The van der Waals surface area contributed by atoms with E-state index in [9.17, 15) is 4.79 Å². The minimum absolute atomic E-state index is 0.330. The minimum atomic E-state index is -0.330. The van der Waals surface area contributed by atoms with E-state index in [1.807, 2.05) is 12.1 Å². The predicted molar refractivity (Wildman–Crippen MR) is 80.0 cm³/mol. The smallest absolute Gasteiger partial charge is 0.249 e. The standard InChI is InChI=1S/C15H17BrN2O/c1-2-9-6-11-8(7-18-9)5-12-10(15(17)19)3-4-13(16)14(11)12/h3-4,9,18H,2,5-7H2,1H3,(H2,17,19). The maximum absolute atomic E-state index is 11.6. The molecule has 3 N–H and O–H groups in total. The Morgan fingerprint density at radius 3 is 3.00 bits per heavy atom. The van der Waals surface area contributed by atoms with Crippen LogP contribution in [0, 0.1) is 0 Å². The van der Waals surface area contributed by atoms with Gasteiger partial charge in [0.2, 0.25) is 5.91 Å². The normalized spacial score (nSPS) is 21.3. The summed E-state index contributed by atoms with van der Waals surface area (Å²) in [5, 5.41) is 3.55. The molecule has 1 aliphatic carbocycles. The number of nitrogens with two attached hydrogens (primary N) is 1. The largest absolute Gasteiger partial charge is 0.366 e. The van der Waals surface area contributed by atoms with E-state index in [2.05, 4.69) is 28.2 Å². The fraction of sp³-hybridized carbons (Fsp3) is 0.400. The Morgan fingerprint density at radius 2 is 2.32 bits per heavy atom. The van der Waals surface area contributed by atoms with Crippen molar-refractivity contribution in [2.24, 2.45) is 5.73 Å². The van der Waals surface area contributed by atoms with Gasteiger partial charge >= 0.3 is 0 Å². The van der Waals surface area contributed by atoms with Crippen molar-refractivity contribution >= 4 is 27.4 Å². The highest BCUT2D eigenvalue weighted by Gasteiger charge is 2.31. The fourth-order valence-corrected chi connectivity index (χ4v) is 3.76. The summed E-state index contributed by atoms with van der Waals surface area (Å²) < 4.78 is 1.08. The van der Waals surface area contributed by atoms with Crippen molar-refractivity contribution in [3.8, 4) is 0 Å². The molecule has 0 radical (unpaired) electrons. The molecule has 0 aromatic heterocycles. The number of hydrogen-bond acceptors (Lipinski definition) is 2. The molecule has 3 nitrogen and oxygen atoms in total. The number of nitrogens with one attached hydrogen (secondary N) is 1. The first-order valence-corrected chi connectivity index (χ1v) is 7.47. The van der Waals surface area contributed by atoms with E-state index in [-0.39, 0.29) is 5.91 Å². The van der Waals surface area contributed by atoms with Gasteiger partial charge in [0.15, 0.2) is 0 Å². The van der Waals surface area contributed by atoms with Gasteiger partial charge in [0.25, 0.3) is 0 Å². The lowest BCUT2D eigenvalue weighted by Gasteiger charge is -2.25. The maximum atomic E-state index is 11.6. The van der Waals surface area contributed by atoms with Crippen LogP contribution in [0.4, 0.5) is 0 Å². The molecular formula is C15H17BrN2O. The zero-order valence-electron chi connectivity index (χ0n) is 10.9. The Kier molecular flexibility index (Phi) is 3.23. The van der Waals surface area contributed by atoms with Crippen molar-refractivity contribution < 1.29 is 4.79 Å². The molecule has 1 heterocycles. The van der Waals surface area contributed by atoms with Crippen LogP contribution in [0.5, 0.6) is 0 Å². The van der Waals surface area contributed by atoms with Crippen LogP contribution in [0.15, 0.2) is 22.2 Å². The second-order valence-electron chi connectivity index (χ2n) is 5.26.